The number of hydrogen-bond acceptors (Lipinski definition) is 4. The van der Waals surface area contributed by atoms with E-state index in [1.807, 2.05) is 0 Å². The molecule has 0 rings (SSSR count). The summed E-state index contributed by atoms with van der Waals surface area (Å²) >= 11 is 0. The van der Waals surface area contributed by atoms with E-state index in [0.29, 0.717) is 0 Å². The molecule has 0 aliphatic carbocycles. The molecule has 0 bridgehead atoms. The van der Waals surface area contributed by atoms with Gasteiger partial charge in [-0.3, -0.25) is 0 Å². The molecule has 2 radical (unpaired) electrons. The Bertz CT molecular complexity index is 23.6. The van der Waals surface area contributed by atoms with Crippen LogP contribution in [0.5, 0.6) is 0 Å². The van der Waals surface area contributed by atoms with E-state index in [1.54, 1.807) is 0 Å². The van der Waals surface area contributed by atoms with E-state index in [0.717, 1.165) is 0 Å². The van der Waals surface area contributed by atoms with Gasteiger partial charge < -0.3 is 33.7 Å². The van der Waals surface area contributed by atoms with Crippen LogP contribution >= 0.6 is 0 Å². The standard InChI is InChI=1S/Ca.O4Si.H2O/c;1-5(2,3)4;/h;;1H2/q;-4;. The van der Waals surface area contributed by atoms with Crippen LogP contribution in [0, 0.1) is 0 Å². The van der Waals surface area contributed by atoms with Crippen molar-refractivity contribution in [2.75, 3.05) is 0 Å². The van der Waals surface area contributed by atoms with Crippen molar-refractivity contribution in [3.8, 4) is 0 Å². The summed E-state index contributed by atoms with van der Waals surface area (Å²) in [6.07, 6.45) is 0. The van der Waals surface area contributed by atoms with Crippen molar-refractivity contribution in [1.29, 1.82) is 0 Å². The van der Waals surface area contributed by atoms with Gasteiger partial charge in [-0.1, -0.05) is 0 Å². The normalized spacial score (nSPS) is 8.57. The summed E-state index contributed by atoms with van der Waals surface area (Å²) < 4.78 is 0. The largest absolute Gasteiger partial charge is 0.894 e. The molecule has 2 N–H and O–H groups in total. The van der Waals surface area contributed by atoms with Crippen LogP contribution in [0.1, 0.15) is 0 Å². The molecule has 0 aliphatic heterocycles. The molecule has 0 atom stereocenters. The van der Waals surface area contributed by atoms with Gasteiger partial charge in [0, 0.05) is 37.7 Å². The summed E-state index contributed by atoms with van der Waals surface area (Å²) in [5.41, 5.74) is 0. The van der Waals surface area contributed by atoms with Gasteiger partial charge in [0.1, 0.15) is 0 Å². The van der Waals surface area contributed by atoms with E-state index in [9.17, 15) is 0 Å². The van der Waals surface area contributed by atoms with Crippen molar-refractivity contribution in [1.82, 2.24) is 0 Å². The molecule has 7 heteroatoms. The third kappa shape index (κ3) is 124. The molecule has 42 valence electrons. The monoisotopic (exact) mass is 150 g/mol. The van der Waals surface area contributed by atoms with Gasteiger partial charge in [0.05, 0.1) is 0 Å². The Morgan fingerprint density at radius 2 is 0.857 bits per heavy atom. The van der Waals surface area contributed by atoms with Gasteiger partial charge >= 0.3 is 0 Å². The summed E-state index contributed by atoms with van der Waals surface area (Å²) in [6.45, 7) is 0. The zero-order valence-electron chi connectivity index (χ0n) is 3.34. The van der Waals surface area contributed by atoms with Crippen LogP contribution in [0.4, 0.5) is 0 Å². The van der Waals surface area contributed by atoms with Crippen LogP contribution in [-0.2, 0) is 0 Å². The van der Waals surface area contributed by atoms with Gasteiger partial charge in [-0.25, -0.2) is 0 Å². The van der Waals surface area contributed by atoms with Gasteiger partial charge in [0.2, 0.25) is 0 Å². The molecular weight excluding hydrogens is 148 g/mol. The number of hydrogen-bond donors (Lipinski definition) is 0. The first-order valence-electron chi connectivity index (χ1n) is 0.816. The summed E-state index contributed by atoms with van der Waals surface area (Å²) in [6, 6.07) is 0. The number of rotatable bonds is 0. The molecule has 0 amide bonds. The van der Waals surface area contributed by atoms with Gasteiger partial charge in [-0.05, 0) is 0 Å². The molecule has 0 aromatic heterocycles. The summed E-state index contributed by atoms with van der Waals surface area (Å²) in [7, 11) is -5.61. The fraction of sp³-hybridized carbons (Fsp3) is 0. The summed E-state index contributed by atoms with van der Waals surface area (Å²) in [4.78, 5) is 34.3. The van der Waals surface area contributed by atoms with Crippen molar-refractivity contribution in [2.45, 2.75) is 0 Å². The van der Waals surface area contributed by atoms with E-state index in [2.05, 4.69) is 0 Å². The fourth-order valence-corrected chi connectivity index (χ4v) is 0. The third-order valence-electron chi connectivity index (χ3n) is 0. The Balaban J connectivity index is -0.0000000800. The second-order valence-corrected chi connectivity index (χ2v) is 1.50. The van der Waals surface area contributed by atoms with Crippen molar-refractivity contribution >= 4 is 46.8 Å². The molecule has 0 heterocycles. The van der Waals surface area contributed by atoms with Crippen LogP contribution in [0.25, 0.3) is 0 Å². The summed E-state index contributed by atoms with van der Waals surface area (Å²) in [5.74, 6) is 0. The first-order valence-corrected chi connectivity index (χ1v) is 2.45. The van der Waals surface area contributed by atoms with E-state index < -0.39 is 9.05 Å². The molecule has 0 aromatic carbocycles. The average Bonchev–Trinajstić information content (AvgIpc) is 0.722. The molecule has 0 unspecified atom stereocenters. The molecule has 0 saturated heterocycles. The minimum absolute atomic E-state index is 0. The maximum atomic E-state index is 8.58. The molecule has 0 fully saturated rings. The van der Waals surface area contributed by atoms with Gasteiger partial charge in [-0.2, -0.15) is 0 Å². The molecule has 0 saturated carbocycles. The van der Waals surface area contributed by atoms with Crippen molar-refractivity contribution in [3.05, 3.63) is 0 Å². The molecule has 7 heavy (non-hydrogen) atoms. The SMILES string of the molecule is O.[Ca].[O-][Si]([O-])([O-])[O-]. The van der Waals surface area contributed by atoms with E-state index in [-0.39, 0.29) is 43.2 Å². The van der Waals surface area contributed by atoms with Crippen LogP contribution < -0.4 is 19.2 Å². The second kappa shape index (κ2) is 5.41. The molecule has 0 aliphatic rings. The Kier molecular flexibility index (Phi) is 12.2. The van der Waals surface area contributed by atoms with E-state index in [1.165, 1.54) is 0 Å². The predicted octanol–water partition coefficient (Wildman–Crippen LogP) is -6.34. The Morgan fingerprint density at radius 3 is 0.857 bits per heavy atom. The third-order valence-corrected chi connectivity index (χ3v) is 0. The van der Waals surface area contributed by atoms with Crippen molar-refractivity contribution < 1.29 is 24.7 Å². The molecule has 0 spiro atoms. The quantitative estimate of drug-likeness (QED) is 0.318. The minimum atomic E-state index is -5.61. The summed E-state index contributed by atoms with van der Waals surface area (Å²) in [5, 5.41) is 0. The Hall–Kier alpha value is 1.28. The minimum Gasteiger partial charge on any atom is -0.894 e. The average molecular weight is 150 g/mol. The topological polar surface area (TPSA) is 124 Å². The maximum absolute atomic E-state index is 8.58. The van der Waals surface area contributed by atoms with Crippen molar-refractivity contribution in [2.24, 2.45) is 0 Å². The van der Waals surface area contributed by atoms with Crippen LogP contribution in [0.15, 0.2) is 0 Å². The fourth-order valence-electron chi connectivity index (χ4n) is 0. The second-order valence-electron chi connectivity index (χ2n) is 0.500. The predicted molar refractivity (Wildman–Crippen MR) is 15.1 cm³/mol. The van der Waals surface area contributed by atoms with E-state index >= 15 is 0 Å². The van der Waals surface area contributed by atoms with Gasteiger partial charge in [0.15, 0.2) is 0 Å². The van der Waals surface area contributed by atoms with Gasteiger partial charge in [-0.15, -0.1) is 0 Å². The van der Waals surface area contributed by atoms with Crippen LogP contribution in [-0.4, -0.2) is 52.3 Å². The Labute approximate surface area is 71.0 Å². The van der Waals surface area contributed by atoms with Crippen LogP contribution in [0.2, 0.25) is 0 Å². The molecule has 5 nitrogen and oxygen atoms in total. The Morgan fingerprint density at radius 1 is 0.857 bits per heavy atom. The molecule has 0 aromatic rings. The first-order chi connectivity index (χ1) is 2.00. The van der Waals surface area contributed by atoms with E-state index in [4.69, 9.17) is 19.2 Å². The molecular formula is H2CaO5Si-4. The first kappa shape index (κ1) is 15.7. The zero-order valence-corrected chi connectivity index (χ0v) is 6.55. The smallest absolute Gasteiger partial charge is 0 e. The maximum Gasteiger partial charge on any atom is 0 e. The zero-order chi connectivity index (χ0) is 4.50. The van der Waals surface area contributed by atoms with Gasteiger partial charge in [0.25, 0.3) is 0 Å². The van der Waals surface area contributed by atoms with Crippen LogP contribution in [0.3, 0.4) is 0 Å². The van der Waals surface area contributed by atoms with Crippen molar-refractivity contribution in [3.63, 3.8) is 0 Å².